The first-order valence-electron chi connectivity index (χ1n) is 10.9. The van der Waals surface area contributed by atoms with E-state index >= 15 is 0 Å². The Balaban J connectivity index is 1.52. The maximum absolute atomic E-state index is 13.0. The monoisotopic (exact) mass is 452 g/mol. The molecule has 8 heteroatoms. The maximum Gasteiger partial charge on any atom is 0.411 e. The molecule has 0 bridgehead atoms. The molecule has 0 spiro atoms. The van der Waals surface area contributed by atoms with Gasteiger partial charge in [0.1, 0.15) is 12.2 Å². The zero-order valence-corrected chi connectivity index (χ0v) is 18.9. The molecule has 1 amide bonds. The summed E-state index contributed by atoms with van der Waals surface area (Å²) in [5, 5.41) is 9.74. The van der Waals surface area contributed by atoms with E-state index in [2.05, 4.69) is 0 Å². The number of ether oxygens (including phenoxy) is 2. The van der Waals surface area contributed by atoms with E-state index < -0.39 is 35.2 Å². The van der Waals surface area contributed by atoms with E-state index in [0.717, 1.165) is 27.2 Å². The van der Waals surface area contributed by atoms with Gasteiger partial charge >= 0.3 is 18.0 Å². The highest BCUT2D eigenvalue weighted by Gasteiger charge is 2.54. The number of fused-ring (bicyclic) bond motifs is 3. The molecule has 0 aromatic heterocycles. The molecule has 33 heavy (non-hydrogen) atoms. The van der Waals surface area contributed by atoms with Crippen molar-refractivity contribution in [1.29, 1.82) is 0 Å². The van der Waals surface area contributed by atoms with Crippen molar-refractivity contribution in [3.63, 3.8) is 0 Å². The summed E-state index contributed by atoms with van der Waals surface area (Å²) in [5.41, 5.74) is 7.54. The van der Waals surface area contributed by atoms with E-state index in [1.165, 1.54) is 0 Å². The number of benzene rings is 2. The summed E-state index contributed by atoms with van der Waals surface area (Å²) in [6.45, 7) is 4.99. The normalized spacial score (nSPS) is 21.9. The summed E-state index contributed by atoms with van der Waals surface area (Å²) in [7, 11) is 0. The Kier molecular flexibility index (Phi) is 5.66. The molecule has 0 unspecified atom stereocenters. The van der Waals surface area contributed by atoms with E-state index in [9.17, 15) is 19.5 Å². The fraction of sp³-hybridized carbons (Fsp3) is 0.400. The highest BCUT2D eigenvalue weighted by molar-refractivity contribution is 5.87. The molecule has 1 heterocycles. The van der Waals surface area contributed by atoms with Gasteiger partial charge in [0.05, 0.1) is 5.92 Å². The molecule has 3 N–H and O–H groups in total. The van der Waals surface area contributed by atoms with Crippen molar-refractivity contribution < 1.29 is 29.0 Å². The molecule has 2 aromatic rings. The number of carboxylic acids is 1. The molecule has 1 fully saturated rings. The smallest absolute Gasteiger partial charge is 0.411 e. The quantitative estimate of drug-likeness (QED) is 0.683. The molecule has 0 saturated carbocycles. The van der Waals surface area contributed by atoms with E-state index in [0.29, 0.717) is 0 Å². The third-order valence-electron chi connectivity index (χ3n) is 6.11. The number of amides is 1. The lowest BCUT2D eigenvalue weighted by atomic mass is 9.98. The minimum absolute atomic E-state index is 0.0240. The maximum atomic E-state index is 13.0. The average Bonchev–Trinajstić information content (AvgIpc) is 3.28. The number of rotatable bonds is 4. The van der Waals surface area contributed by atoms with Crippen LogP contribution in [-0.4, -0.2) is 52.5 Å². The number of nitrogens with two attached hydrogens (primary N) is 1. The molecule has 2 aromatic carbocycles. The summed E-state index contributed by atoms with van der Waals surface area (Å²) in [6, 6.07) is 15.8. The van der Waals surface area contributed by atoms with Crippen LogP contribution in [0.1, 0.15) is 44.2 Å². The summed E-state index contributed by atoms with van der Waals surface area (Å²) in [4.78, 5) is 38.4. The van der Waals surface area contributed by atoms with Gasteiger partial charge in [-0.15, -0.1) is 0 Å². The molecular formula is C25H28N2O6. The number of hydrogen-bond donors (Lipinski definition) is 2. The number of esters is 1. The fourth-order valence-corrected chi connectivity index (χ4v) is 4.59. The van der Waals surface area contributed by atoms with E-state index in [1.807, 2.05) is 48.5 Å². The second-order valence-electron chi connectivity index (χ2n) is 9.58. The average molecular weight is 453 g/mol. The minimum Gasteiger partial charge on any atom is -0.478 e. The highest BCUT2D eigenvalue weighted by Crippen LogP contribution is 2.44. The first-order chi connectivity index (χ1) is 15.5. The summed E-state index contributed by atoms with van der Waals surface area (Å²) in [6.07, 6.45) is -1.12. The van der Waals surface area contributed by atoms with Crippen LogP contribution >= 0.6 is 0 Å². The fourth-order valence-electron chi connectivity index (χ4n) is 4.59. The number of hydrogen-bond acceptors (Lipinski definition) is 6. The Hall–Kier alpha value is -3.39. The molecule has 2 aliphatic rings. The third-order valence-corrected chi connectivity index (χ3v) is 6.11. The number of carbonyl (C=O) groups is 3. The van der Waals surface area contributed by atoms with Crippen LogP contribution in [0.4, 0.5) is 4.79 Å². The Labute approximate surface area is 192 Å². The molecule has 174 valence electrons. The summed E-state index contributed by atoms with van der Waals surface area (Å²) in [5.74, 6) is -3.02. The van der Waals surface area contributed by atoms with Crippen LogP contribution in [0, 0.1) is 5.92 Å². The zero-order valence-electron chi connectivity index (χ0n) is 18.9. The van der Waals surface area contributed by atoms with Gasteiger partial charge in [-0.05, 0) is 43.0 Å². The van der Waals surface area contributed by atoms with Crippen molar-refractivity contribution in [2.24, 2.45) is 11.7 Å². The molecule has 2 atom stereocenters. The van der Waals surface area contributed by atoms with Crippen LogP contribution in [0.3, 0.4) is 0 Å². The van der Waals surface area contributed by atoms with E-state index in [-0.39, 0.29) is 25.5 Å². The van der Waals surface area contributed by atoms with Crippen LogP contribution in [0.5, 0.6) is 0 Å². The molecule has 1 aliphatic carbocycles. The van der Waals surface area contributed by atoms with E-state index in [1.54, 1.807) is 20.8 Å². The molecule has 8 nitrogen and oxygen atoms in total. The predicted octanol–water partition coefficient (Wildman–Crippen LogP) is 3.34. The van der Waals surface area contributed by atoms with Crippen molar-refractivity contribution in [1.82, 2.24) is 4.90 Å². The lowest BCUT2D eigenvalue weighted by Gasteiger charge is -2.30. The summed E-state index contributed by atoms with van der Waals surface area (Å²) < 4.78 is 11.0. The van der Waals surface area contributed by atoms with Crippen LogP contribution in [-0.2, 0) is 19.1 Å². The van der Waals surface area contributed by atoms with Gasteiger partial charge in [0.15, 0.2) is 5.66 Å². The van der Waals surface area contributed by atoms with Crippen molar-refractivity contribution in [3.05, 3.63) is 59.7 Å². The highest BCUT2D eigenvalue weighted by atomic mass is 16.6. The first-order valence-corrected chi connectivity index (χ1v) is 10.9. The second-order valence-corrected chi connectivity index (χ2v) is 9.58. The molecular weight excluding hydrogens is 424 g/mol. The number of aliphatic carboxylic acids is 1. The van der Waals surface area contributed by atoms with Gasteiger partial charge in [-0.3, -0.25) is 15.4 Å². The lowest BCUT2D eigenvalue weighted by molar-refractivity contribution is -0.159. The van der Waals surface area contributed by atoms with Crippen molar-refractivity contribution >= 4 is 18.0 Å². The zero-order chi connectivity index (χ0) is 24.0. The topological polar surface area (TPSA) is 119 Å². The molecule has 4 rings (SSSR count). The Morgan fingerprint density at radius 1 is 1.06 bits per heavy atom. The molecule has 1 aliphatic heterocycles. The van der Waals surface area contributed by atoms with Crippen molar-refractivity contribution in [2.75, 3.05) is 13.2 Å². The summed E-state index contributed by atoms with van der Waals surface area (Å²) >= 11 is 0. The number of nitrogens with zero attached hydrogens (tertiary/aromatic N) is 1. The lowest BCUT2D eigenvalue weighted by Crippen LogP contribution is -2.60. The first kappa shape index (κ1) is 22.8. The SMILES string of the molecule is CC(C)(C)OC(=O)[C@@H]1CN(C(=O)OCC2c3ccccc3-c3ccccc32)[C@@](N)(C(=O)O)C1. The standard InChI is InChI=1S/C25H28N2O6/c1-24(2,3)33-21(28)15-12-25(26,22(29)30)27(13-15)23(31)32-14-20-18-10-6-4-8-16(18)17-9-5-7-11-19(17)20/h4-11,15,20H,12-14,26H2,1-3H3,(H,29,30)/t15-,25+/m0/s1. The minimum atomic E-state index is -2.05. The predicted molar refractivity (Wildman–Crippen MR) is 120 cm³/mol. The Morgan fingerprint density at radius 3 is 2.12 bits per heavy atom. The molecule has 0 radical (unpaired) electrons. The van der Waals surface area contributed by atoms with Crippen LogP contribution in [0.25, 0.3) is 11.1 Å². The third kappa shape index (κ3) is 4.18. The number of likely N-dealkylation sites (tertiary alicyclic amines) is 1. The Bertz CT molecular complexity index is 1060. The van der Waals surface area contributed by atoms with Gasteiger partial charge in [0.25, 0.3) is 0 Å². The largest absolute Gasteiger partial charge is 0.478 e. The van der Waals surface area contributed by atoms with Gasteiger partial charge in [-0.25, -0.2) is 9.59 Å². The van der Waals surface area contributed by atoms with Crippen LogP contribution < -0.4 is 5.73 Å². The van der Waals surface area contributed by atoms with Gasteiger partial charge in [-0.2, -0.15) is 0 Å². The Morgan fingerprint density at radius 2 is 1.61 bits per heavy atom. The number of carbonyl (C=O) groups excluding carboxylic acids is 2. The van der Waals surface area contributed by atoms with Gasteiger partial charge in [0.2, 0.25) is 0 Å². The number of carboxylic acid groups (broad SMARTS) is 1. The van der Waals surface area contributed by atoms with Gasteiger partial charge in [0, 0.05) is 18.9 Å². The van der Waals surface area contributed by atoms with Gasteiger partial charge < -0.3 is 14.6 Å². The van der Waals surface area contributed by atoms with Crippen molar-refractivity contribution in [2.45, 2.75) is 44.4 Å². The molecule has 1 saturated heterocycles. The van der Waals surface area contributed by atoms with Crippen LogP contribution in [0.15, 0.2) is 48.5 Å². The van der Waals surface area contributed by atoms with Gasteiger partial charge in [-0.1, -0.05) is 48.5 Å². The second kappa shape index (κ2) is 8.19. The van der Waals surface area contributed by atoms with Crippen molar-refractivity contribution in [3.8, 4) is 11.1 Å². The van der Waals surface area contributed by atoms with E-state index in [4.69, 9.17) is 15.2 Å². The van der Waals surface area contributed by atoms with Crippen LogP contribution in [0.2, 0.25) is 0 Å².